The van der Waals surface area contributed by atoms with E-state index in [4.69, 9.17) is 10.5 Å². The highest BCUT2D eigenvalue weighted by molar-refractivity contribution is 5.76. The zero-order valence-electron chi connectivity index (χ0n) is 12.8. The van der Waals surface area contributed by atoms with E-state index >= 15 is 0 Å². The highest BCUT2D eigenvalue weighted by Crippen LogP contribution is 2.18. The number of nitrogens with two attached hydrogens (primary N) is 1. The van der Waals surface area contributed by atoms with Crippen molar-refractivity contribution in [1.82, 2.24) is 10.3 Å². The predicted octanol–water partition coefficient (Wildman–Crippen LogP) is 1.57. The lowest BCUT2D eigenvalue weighted by Gasteiger charge is -2.13. The van der Waals surface area contributed by atoms with Crippen LogP contribution in [0.5, 0.6) is 5.75 Å². The van der Waals surface area contributed by atoms with Gasteiger partial charge >= 0.3 is 0 Å². The number of carbonyl (C=O) groups excluding carboxylic acids is 1. The number of amides is 1. The Hall–Kier alpha value is -1.62. The van der Waals surface area contributed by atoms with Crippen LogP contribution >= 0.6 is 0 Å². The third-order valence-electron chi connectivity index (χ3n) is 2.62. The molecule has 0 spiro atoms. The summed E-state index contributed by atoms with van der Waals surface area (Å²) in [4.78, 5) is 16.0. The van der Waals surface area contributed by atoms with Gasteiger partial charge in [-0.15, -0.1) is 0 Å². The summed E-state index contributed by atoms with van der Waals surface area (Å²) in [6.07, 6.45) is 0.999. The molecule has 5 nitrogen and oxygen atoms in total. The quantitative estimate of drug-likeness (QED) is 0.794. The van der Waals surface area contributed by atoms with Crippen molar-refractivity contribution >= 4 is 5.91 Å². The Bertz CT molecular complexity index is 445. The molecule has 112 valence electrons. The average molecular weight is 279 g/mol. The van der Waals surface area contributed by atoms with E-state index in [1.807, 2.05) is 39.8 Å². The third-order valence-corrected chi connectivity index (χ3v) is 2.62. The number of hydrogen-bond acceptors (Lipinski definition) is 4. The first-order valence-electron chi connectivity index (χ1n) is 7.02. The molecular weight excluding hydrogens is 254 g/mol. The molecule has 1 aromatic rings. The molecule has 0 bridgehead atoms. The van der Waals surface area contributed by atoms with Crippen molar-refractivity contribution in [3.63, 3.8) is 0 Å². The first-order chi connectivity index (χ1) is 9.38. The SMILES string of the molecule is Cc1ccc(OCCC(=O)NC(C)C)c(CC(C)N)n1. The van der Waals surface area contributed by atoms with E-state index in [1.54, 1.807) is 0 Å². The maximum absolute atomic E-state index is 11.5. The van der Waals surface area contributed by atoms with Gasteiger partial charge in [-0.05, 0) is 39.8 Å². The van der Waals surface area contributed by atoms with Crippen LogP contribution in [0, 0.1) is 6.92 Å². The van der Waals surface area contributed by atoms with Crippen LogP contribution in [-0.2, 0) is 11.2 Å². The smallest absolute Gasteiger partial charge is 0.223 e. The number of nitrogens with one attached hydrogen (secondary N) is 1. The van der Waals surface area contributed by atoms with Gasteiger partial charge in [0.25, 0.3) is 0 Å². The summed E-state index contributed by atoms with van der Waals surface area (Å²) in [7, 11) is 0. The first-order valence-corrected chi connectivity index (χ1v) is 7.02. The van der Waals surface area contributed by atoms with Crippen LogP contribution in [-0.4, -0.2) is 29.6 Å². The summed E-state index contributed by atoms with van der Waals surface area (Å²) in [6, 6.07) is 3.96. The highest BCUT2D eigenvalue weighted by atomic mass is 16.5. The number of pyridine rings is 1. The van der Waals surface area contributed by atoms with Crippen molar-refractivity contribution in [1.29, 1.82) is 0 Å². The molecule has 1 atom stereocenters. The summed E-state index contributed by atoms with van der Waals surface area (Å²) >= 11 is 0. The third kappa shape index (κ3) is 6.02. The van der Waals surface area contributed by atoms with Crippen molar-refractivity contribution in [2.45, 2.75) is 52.6 Å². The molecule has 0 aliphatic carbocycles. The summed E-state index contributed by atoms with van der Waals surface area (Å²) in [5.74, 6) is 0.707. The van der Waals surface area contributed by atoms with Gasteiger partial charge in [-0.1, -0.05) is 0 Å². The van der Waals surface area contributed by atoms with Crippen molar-refractivity contribution in [2.24, 2.45) is 5.73 Å². The number of carbonyl (C=O) groups is 1. The minimum atomic E-state index is -0.00573. The maximum Gasteiger partial charge on any atom is 0.223 e. The second-order valence-corrected chi connectivity index (χ2v) is 5.40. The van der Waals surface area contributed by atoms with Gasteiger partial charge in [-0.2, -0.15) is 0 Å². The Balaban J connectivity index is 2.56. The molecule has 20 heavy (non-hydrogen) atoms. The number of rotatable bonds is 7. The van der Waals surface area contributed by atoms with Crippen LogP contribution in [0.25, 0.3) is 0 Å². The number of ether oxygens (including phenoxy) is 1. The number of aryl methyl sites for hydroxylation is 1. The van der Waals surface area contributed by atoms with Crippen molar-refractivity contribution < 1.29 is 9.53 Å². The normalized spacial score (nSPS) is 12.3. The van der Waals surface area contributed by atoms with Crippen molar-refractivity contribution in [2.75, 3.05) is 6.61 Å². The Labute approximate surface area is 120 Å². The lowest BCUT2D eigenvalue weighted by atomic mass is 10.1. The van der Waals surface area contributed by atoms with Gasteiger partial charge in [0.1, 0.15) is 5.75 Å². The van der Waals surface area contributed by atoms with Gasteiger partial charge in [0.05, 0.1) is 18.7 Å². The zero-order valence-corrected chi connectivity index (χ0v) is 12.8. The molecule has 1 aromatic heterocycles. The standard InChI is InChI=1S/C15H25N3O2/c1-10(2)17-15(19)7-8-20-14-6-5-12(4)18-13(14)9-11(3)16/h5-6,10-11H,7-9,16H2,1-4H3,(H,17,19). The fourth-order valence-corrected chi connectivity index (χ4v) is 1.83. The fourth-order valence-electron chi connectivity index (χ4n) is 1.83. The second kappa shape index (κ2) is 7.85. The zero-order chi connectivity index (χ0) is 15.1. The molecule has 1 rings (SSSR count). The van der Waals surface area contributed by atoms with Gasteiger partial charge in [0.15, 0.2) is 0 Å². The van der Waals surface area contributed by atoms with Crippen LogP contribution < -0.4 is 15.8 Å². The molecule has 0 saturated heterocycles. The molecule has 0 aliphatic rings. The molecule has 5 heteroatoms. The summed E-state index contributed by atoms with van der Waals surface area (Å²) < 4.78 is 5.67. The van der Waals surface area contributed by atoms with Crippen LogP contribution in [0.1, 0.15) is 38.6 Å². The van der Waals surface area contributed by atoms with Gasteiger partial charge in [0, 0.05) is 24.2 Å². The van der Waals surface area contributed by atoms with E-state index in [-0.39, 0.29) is 18.0 Å². The van der Waals surface area contributed by atoms with Crippen LogP contribution in [0.4, 0.5) is 0 Å². The number of hydrogen-bond donors (Lipinski definition) is 2. The molecule has 0 radical (unpaired) electrons. The van der Waals surface area contributed by atoms with E-state index in [0.29, 0.717) is 25.2 Å². The molecule has 1 amide bonds. The molecule has 0 aromatic carbocycles. The Morgan fingerprint density at radius 2 is 2.10 bits per heavy atom. The highest BCUT2D eigenvalue weighted by Gasteiger charge is 2.10. The van der Waals surface area contributed by atoms with Gasteiger partial charge < -0.3 is 15.8 Å². The van der Waals surface area contributed by atoms with Crippen LogP contribution in [0.2, 0.25) is 0 Å². The molecule has 0 aliphatic heterocycles. The Kier molecular flexibility index (Phi) is 6.45. The van der Waals surface area contributed by atoms with Crippen LogP contribution in [0.15, 0.2) is 12.1 Å². The second-order valence-electron chi connectivity index (χ2n) is 5.40. The summed E-state index contributed by atoms with van der Waals surface area (Å²) in [5.41, 5.74) is 7.60. The molecule has 1 heterocycles. The predicted molar refractivity (Wildman–Crippen MR) is 79.7 cm³/mol. The average Bonchev–Trinajstić information content (AvgIpc) is 2.30. The molecule has 1 unspecified atom stereocenters. The van der Waals surface area contributed by atoms with E-state index in [9.17, 15) is 4.79 Å². The monoisotopic (exact) mass is 279 g/mol. The summed E-state index contributed by atoms with van der Waals surface area (Å²) in [6.45, 7) is 8.08. The molecular formula is C15H25N3O2. The van der Waals surface area contributed by atoms with Crippen molar-refractivity contribution in [3.8, 4) is 5.75 Å². The molecule has 0 fully saturated rings. The van der Waals surface area contributed by atoms with Gasteiger partial charge in [-0.3, -0.25) is 9.78 Å². The maximum atomic E-state index is 11.5. The fraction of sp³-hybridized carbons (Fsp3) is 0.600. The first kappa shape index (κ1) is 16.4. The summed E-state index contributed by atoms with van der Waals surface area (Å²) in [5, 5.41) is 2.83. The minimum Gasteiger partial charge on any atom is -0.491 e. The Morgan fingerprint density at radius 1 is 1.40 bits per heavy atom. The lowest BCUT2D eigenvalue weighted by molar-refractivity contribution is -0.122. The number of aromatic nitrogens is 1. The lowest BCUT2D eigenvalue weighted by Crippen LogP contribution is -2.31. The molecule has 0 saturated carbocycles. The largest absolute Gasteiger partial charge is 0.491 e. The van der Waals surface area contributed by atoms with Gasteiger partial charge in [-0.25, -0.2) is 0 Å². The number of nitrogens with zero attached hydrogens (tertiary/aromatic N) is 1. The van der Waals surface area contributed by atoms with E-state index < -0.39 is 0 Å². The van der Waals surface area contributed by atoms with E-state index in [2.05, 4.69) is 10.3 Å². The van der Waals surface area contributed by atoms with E-state index in [1.165, 1.54) is 0 Å². The van der Waals surface area contributed by atoms with Crippen LogP contribution in [0.3, 0.4) is 0 Å². The minimum absolute atomic E-state index is 0.00573. The van der Waals surface area contributed by atoms with Gasteiger partial charge in [0.2, 0.25) is 5.91 Å². The molecule has 3 N–H and O–H groups in total. The van der Waals surface area contributed by atoms with E-state index in [0.717, 1.165) is 11.4 Å². The topological polar surface area (TPSA) is 77.2 Å². The Morgan fingerprint density at radius 3 is 2.70 bits per heavy atom. The van der Waals surface area contributed by atoms with Crippen molar-refractivity contribution in [3.05, 3.63) is 23.5 Å².